The van der Waals surface area contributed by atoms with Crippen molar-refractivity contribution >= 4 is 35.6 Å². The van der Waals surface area contributed by atoms with E-state index in [1.807, 2.05) is 25.1 Å². The van der Waals surface area contributed by atoms with Crippen LogP contribution in [-0.4, -0.2) is 50.8 Å². The fraction of sp³-hybridized carbons (Fsp3) is 0.318. The second-order valence-electron chi connectivity index (χ2n) is 8.36. The summed E-state index contributed by atoms with van der Waals surface area (Å²) in [6.07, 6.45) is 5.25. The summed E-state index contributed by atoms with van der Waals surface area (Å²) in [4.78, 5) is 32.7. The Morgan fingerprint density at radius 1 is 1.15 bits per heavy atom. The zero-order valence-corrected chi connectivity index (χ0v) is 18.3. The van der Waals surface area contributed by atoms with E-state index in [1.54, 1.807) is 16.8 Å². The predicted molar refractivity (Wildman–Crippen MR) is 122 cm³/mol. The molecule has 1 saturated carbocycles. The Bertz CT molecular complexity index is 1350. The minimum Gasteiger partial charge on any atom is -0.486 e. The summed E-state index contributed by atoms with van der Waals surface area (Å²) in [7, 11) is 0. The molecule has 3 aliphatic rings. The van der Waals surface area contributed by atoms with Crippen LogP contribution >= 0.6 is 0 Å². The number of nitrogens with one attached hydrogen (secondary N) is 4. The monoisotopic (exact) mass is 462 g/mol. The number of fused-ring (bicyclic) bond motifs is 2. The molecule has 2 fully saturated rings. The maximum atomic E-state index is 12.0. The van der Waals surface area contributed by atoms with E-state index in [-0.39, 0.29) is 11.7 Å². The Balaban J connectivity index is 1.34. The maximum absolute atomic E-state index is 12.0. The Hall–Kier alpha value is -4.35. The van der Waals surface area contributed by atoms with Crippen LogP contribution in [0.3, 0.4) is 0 Å². The summed E-state index contributed by atoms with van der Waals surface area (Å²) >= 11 is 0. The topological polar surface area (TPSA) is 144 Å². The van der Waals surface area contributed by atoms with Gasteiger partial charge in [0, 0.05) is 11.6 Å². The molecule has 1 aliphatic carbocycles. The standard InChI is InChI=1S/C22H22N8O4/c1-11(12-2-5-16-17(9-12)34-7-6-33-16)24-20-27-18-13(8-15-19(31)28-22(32)26-15)10-23-30(18)21(29-20)25-14-3-4-14/h2,5,8-11,14H,3-4,6-7H2,1H3,(H2,24,25,27,29)(H2,26,28,31,32)/b15-8-. The van der Waals surface area contributed by atoms with Crippen molar-refractivity contribution in [1.29, 1.82) is 0 Å². The van der Waals surface area contributed by atoms with E-state index < -0.39 is 11.9 Å². The van der Waals surface area contributed by atoms with Gasteiger partial charge in [-0.3, -0.25) is 10.1 Å². The number of aromatic nitrogens is 4. The van der Waals surface area contributed by atoms with E-state index in [2.05, 4.69) is 36.3 Å². The van der Waals surface area contributed by atoms with Crippen LogP contribution in [0.15, 0.2) is 30.1 Å². The second-order valence-corrected chi connectivity index (χ2v) is 8.36. The fourth-order valence-electron chi connectivity index (χ4n) is 3.81. The van der Waals surface area contributed by atoms with Gasteiger partial charge in [-0.1, -0.05) is 6.07 Å². The summed E-state index contributed by atoms with van der Waals surface area (Å²) in [5.41, 5.74) is 2.19. The van der Waals surface area contributed by atoms with E-state index in [1.165, 1.54) is 0 Å². The first kappa shape index (κ1) is 20.3. The van der Waals surface area contributed by atoms with Crippen LogP contribution in [0.2, 0.25) is 0 Å². The van der Waals surface area contributed by atoms with Crippen molar-refractivity contribution < 1.29 is 19.1 Å². The first-order chi connectivity index (χ1) is 16.5. The third-order valence-electron chi connectivity index (χ3n) is 5.74. The summed E-state index contributed by atoms with van der Waals surface area (Å²) in [5.74, 6) is 1.90. The normalized spacial score (nSPS) is 19.1. The number of ether oxygens (including phenoxy) is 2. The molecule has 34 heavy (non-hydrogen) atoms. The van der Waals surface area contributed by atoms with Crippen molar-refractivity contribution in [3.63, 3.8) is 0 Å². The number of carbonyl (C=O) groups is 2. The lowest BCUT2D eigenvalue weighted by atomic mass is 10.1. The molecule has 174 valence electrons. The zero-order chi connectivity index (χ0) is 23.2. The summed E-state index contributed by atoms with van der Waals surface area (Å²) in [6.45, 7) is 3.07. The average Bonchev–Trinajstić information content (AvgIpc) is 3.47. The fourth-order valence-corrected chi connectivity index (χ4v) is 3.81. The number of amides is 3. The van der Waals surface area contributed by atoms with E-state index in [4.69, 9.17) is 9.47 Å². The average molecular weight is 462 g/mol. The maximum Gasteiger partial charge on any atom is 0.326 e. The second kappa shape index (κ2) is 7.90. The molecule has 0 radical (unpaired) electrons. The lowest BCUT2D eigenvalue weighted by Crippen LogP contribution is -2.22. The number of hydrogen-bond donors (Lipinski definition) is 4. The number of nitrogens with zero attached hydrogens (tertiary/aromatic N) is 4. The van der Waals surface area contributed by atoms with Gasteiger partial charge in [0.05, 0.1) is 12.2 Å². The van der Waals surface area contributed by atoms with Crippen molar-refractivity contribution in [1.82, 2.24) is 30.2 Å². The number of benzene rings is 1. The largest absolute Gasteiger partial charge is 0.486 e. The highest BCUT2D eigenvalue weighted by Crippen LogP contribution is 2.33. The molecule has 1 atom stereocenters. The van der Waals surface area contributed by atoms with Gasteiger partial charge in [-0.05, 0) is 43.5 Å². The minimum absolute atomic E-state index is 0.128. The molecule has 4 heterocycles. The highest BCUT2D eigenvalue weighted by atomic mass is 16.6. The van der Waals surface area contributed by atoms with Crippen molar-refractivity contribution in [2.24, 2.45) is 0 Å². The molecular weight excluding hydrogens is 440 g/mol. The van der Waals surface area contributed by atoms with E-state index in [0.29, 0.717) is 48.1 Å². The van der Waals surface area contributed by atoms with Crippen LogP contribution in [0.1, 0.15) is 36.9 Å². The lowest BCUT2D eigenvalue weighted by molar-refractivity contribution is -0.115. The van der Waals surface area contributed by atoms with Gasteiger partial charge in [-0.2, -0.15) is 19.6 Å². The molecule has 2 aliphatic heterocycles. The van der Waals surface area contributed by atoms with E-state index >= 15 is 0 Å². The number of imide groups is 1. The molecule has 0 spiro atoms. The Labute approximate surface area is 193 Å². The van der Waals surface area contributed by atoms with Crippen LogP contribution in [-0.2, 0) is 4.79 Å². The van der Waals surface area contributed by atoms with E-state index in [9.17, 15) is 9.59 Å². The van der Waals surface area contributed by atoms with Gasteiger partial charge in [0.2, 0.25) is 11.9 Å². The molecule has 6 rings (SSSR count). The summed E-state index contributed by atoms with van der Waals surface area (Å²) in [6, 6.07) is 5.47. The first-order valence-electron chi connectivity index (χ1n) is 11.1. The molecule has 3 amide bonds. The van der Waals surface area contributed by atoms with Crippen LogP contribution < -0.4 is 30.7 Å². The summed E-state index contributed by atoms with van der Waals surface area (Å²) in [5, 5.41) is 15.8. The summed E-state index contributed by atoms with van der Waals surface area (Å²) < 4.78 is 12.9. The van der Waals surface area contributed by atoms with E-state index in [0.717, 1.165) is 24.2 Å². The molecule has 12 nitrogen and oxygen atoms in total. The van der Waals surface area contributed by atoms with Gasteiger partial charge >= 0.3 is 6.03 Å². The highest BCUT2D eigenvalue weighted by Gasteiger charge is 2.26. The quantitative estimate of drug-likeness (QED) is 0.318. The van der Waals surface area contributed by atoms with Gasteiger partial charge in [0.25, 0.3) is 5.91 Å². The molecule has 1 aromatic carbocycles. The first-order valence-corrected chi connectivity index (χ1v) is 11.1. The molecule has 4 N–H and O–H groups in total. The van der Waals surface area contributed by atoms with Crippen LogP contribution in [0, 0.1) is 0 Å². The highest BCUT2D eigenvalue weighted by molar-refractivity contribution is 6.14. The number of hydrogen-bond acceptors (Lipinski definition) is 9. The van der Waals surface area contributed by atoms with Gasteiger partial charge in [-0.25, -0.2) is 4.79 Å². The minimum atomic E-state index is -0.561. The van der Waals surface area contributed by atoms with Crippen molar-refractivity contribution in [2.75, 3.05) is 23.8 Å². The Kier molecular flexibility index (Phi) is 4.71. The Morgan fingerprint density at radius 2 is 1.97 bits per heavy atom. The predicted octanol–water partition coefficient (Wildman–Crippen LogP) is 1.82. The molecular formula is C22H22N8O4. The lowest BCUT2D eigenvalue weighted by Gasteiger charge is -2.21. The number of anilines is 2. The molecule has 12 heteroatoms. The van der Waals surface area contributed by atoms with Crippen LogP contribution in [0.5, 0.6) is 11.5 Å². The Morgan fingerprint density at radius 3 is 2.74 bits per heavy atom. The van der Waals surface area contributed by atoms with Gasteiger partial charge in [0.1, 0.15) is 18.9 Å². The molecule has 2 aromatic heterocycles. The smallest absolute Gasteiger partial charge is 0.326 e. The SMILES string of the molecule is CC(Nc1nc(NC2CC2)n2ncc(/C=C3\NC(=O)NC3=O)c2n1)c1ccc2c(c1)OCCO2. The van der Waals surface area contributed by atoms with Gasteiger partial charge in [-0.15, -0.1) is 0 Å². The van der Waals surface area contributed by atoms with Crippen molar-refractivity contribution in [3.8, 4) is 11.5 Å². The van der Waals surface area contributed by atoms with Gasteiger partial charge in [0.15, 0.2) is 17.1 Å². The third kappa shape index (κ3) is 3.83. The molecule has 1 unspecified atom stereocenters. The van der Waals surface area contributed by atoms with Crippen LogP contribution in [0.25, 0.3) is 11.7 Å². The van der Waals surface area contributed by atoms with Crippen LogP contribution in [0.4, 0.5) is 16.7 Å². The number of carbonyl (C=O) groups excluding carboxylic acids is 2. The van der Waals surface area contributed by atoms with Gasteiger partial charge < -0.3 is 25.4 Å². The molecule has 0 bridgehead atoms. The molecule has 1 saturated heterocycles. The number of urea groups is 1. The van der Waals surface area contributed by atoms with Crippen molar-refractivity contribution in [2.45, 2.75) is 31.8 Å². The van der Waals surface area contributed by atoms with Crippen molar-refractivity contribution in [3.05, 3.63) is 41.2 Å². The molecule has 3 aromatic rings. The third-order valence-corrected chi connectivity index (χ3v) is 5.74. The zero-order valence-electron chi connectivity index (χ0n) is 18.3. The number of rotatable bonds is 6.